The molecule has 0 heterocycles. The largest absolute Gasteiger partial charge is 2.00 e. The van der Waals surface area contributed by atoms with E-state index in [-0.39, 0.29) is 31.1 Å². The Balaban J connectivity index is -0.0000000312. The molecule has 1 N–H and O–H groups in total. The third-order valence-corrected chi connectivity index (χ3v) is 1.89. The third kappa shape index (κ3) is 110. The van der Waals surface area contributed by atoms with E-state index in [1.807, 2.05) is 145 Å². The molecule has 0 aliphatic carbocycles. The normalized spacial score (nSPS) is 5.74. The van der Waals surface area contributed by atoms with E-state index in [0.29, 0.717) is 5.69 Å². The minimum Gasteiger partial charge on any atom is -0.712 e. The number of benzene rings is 2. The predicted molar refractivity (Wildman–Crippen MR) is 158 cm³/mol. The van der Waals surface area contributed by atoms with E-state index < -0.39 is 0 Å². The van der Waals surface area contributed by atoms with Crippen LogP contribution >= 0.6 is 0 Å². The smallest absolute Gasteiger partial charge is 0.712 e. The second kappa shape index (κ2) is 107. The fourth-order valence-electron chi connectivity index (χ4n) is 0.880. The van der Waals surface area contributed by atoms with Gasteiger partial charge in [-0.2, -0.15) is 0 Å². The van der Waals surface area contributed by atoms with Crippen molar-refractivity contribution in [1.82, 2.24) is 5.32 Å². The molecule has 0 spiro atoms. The van der Waals surface area contributed by atoms with Gasteiger partial charge in [0.2, 0.25) is 0 Å². The Bertz CT molecular complexity index is 399. The molecule has 0 atom stereocenters. The van der Waals surface area contributed by atoms with Crippen LogP contribution < -0.4 is 5.32 Å². The first-order valence-electron chi connectivity index (χ1n) is 12.5. The van der Waals surface area contributed by atoms with Crippen molar-refractivity contribution < 1.29 is 31.1 Å². The van der Waals surface area contributed by atoms with Gasteiger partial charge in [-0.3, -0.25) is 0 Å². The summed E-state index contributed by atoms with van der Waals surface area (Å²) in [5.74, 6) is 0. The Labute approximate surface area is 239 Å². The Kier molecular flexibility index (Phi) is 184. The summed E-state index contributed by atoms with van der Waals surface area (Å²) in [6.07, 6.45) is 0. The van der Waals surface area contributed by atoms with Crippen LogP contribution in [0.15, 0.2) is 77.0 Å². The molecule has 0 fully saturated rings. The van der Waals surface area contributed by atoms with Gasteiger partial charge in [-0.05, 0) is 25.7 Å². The van der Waals surface area contributed by atoms with Crippen LogP contribution in [0.1, 0.15) is 90.0 Å². The zero-order chi connectivity index (χ0) is 28.2. The van der Waals surface area contributed by atoms with Crippen LogP contribution in [0.2, 0.25) is 0 Å². The van der Waals surface area contributed by atoms with E-state index in [1.165, 1.54) is 7.05 Å². The summed E-state index contributed by atoms with van der Waals surface area (Å²) in [4.78, 5) is 0. The van der Waals surface area contributed by atoms with Crippen LogP contribution in [0.5, 0.6) is 0 Å². The van der Waals surface area contributed by atoms with Gasteiger partial charge < -0.3 is 26.6 Å². The SMILES string of the molecule is CC.CC.CC.CC.CC.CC.CCNC.CN=[N-].[N-]=Nc1ccccc1.[U+2].c1ccccc1. The summed E-state index contributed by atoms with van der Waals surface area (Å²) in [6, 6.07) is 20.9. The van der Waals surface area contributed by atoms with Gasteiger partial charge in [-0.25, -0.2) is 0 Å². The summed E-state index contributed by atoms with van der Waals surface area (Å²) in [5.41, 5.74) is 15.9. The number of nitrogens with one attached hydrogen (secondary N) is 1. The van der Waals surface area contributed by atoms with Crippen LogP contribution in [0.4, 0.5) is 5.69 Å². The zero-order valence-electron chi connectivity index (χ0n) is 25.3. The van der Waals surface area contributed by atoms with Gasteiger partial charge in [-0.1, -0.05) is 145 Å². The van der Waals surface area contributed by atoms with Gasteiger partial charge in [0.05, 0.1) is 0 Å². The Morgan fingerprint density at radius 2 is 0.765 bits per heavy atom. The first-order valence-corrected chi connectivity index (χ1v) is 12.5. The topological polar surface area (TPSA) is 81.3 Å². The summed E-state index contributed by atoms with van der Waals surface area (Å²) in [7, 11) is 3.24. The van der Waals surface area contributed by atoms with E-state index in [4.69, 9.17) is 11.1 Å². The fraction of sp³-hybridized carbons (Fsp3) is 0.571. The molecule has 0 unspecified atom stereocenters. The molecule has 0 amide bonds. The predicted octanol–water partition coefficient (Wildman–Crippen LogP) is 11.0. The molecule has 0 aliphatic heterocycles. The summed E-state index contributed by atoms with van der Waals surface area (Å²) in [5, 5.41) is 8.40. The van der Waals surface area contributed by atoms with Crippen molar-refractivity contribution in [3.63, 3.8) is 0 Å². The van der Waals surface area contributed by atoms with E-state index in [1.54, 1.807) is 12.1 Å². The van der Waals surface area contributed by atoms with Gasteiger partial charge >= 0.3 is 31.1 Å². The maximum atomic E-state index is 8.16. The number of rotatable bonds is 2. The van der Waals surface area contributed by atoms with Gasteiger partial charge in [0.1, 0.15) is 0 Å². The number of hydrogen-bond donors (Lipinski definition) is 1. The summed E-state index contributed by atoms with van der Waals surface area (Å²) >= 11 is 0. The van der Waals surface area contributed by atoms with Crippen LogP contribution in [0.25, 0.3) is 11.1 Å². The second-order valence-electron chi connectivity index (χ2n) is 3.50. The second-order valence-corrected chi connectivity index (χ2v) is 3.50. The van der Waals surface area contributed by atoms with E-state index >= 15 is 0 Å². The first kappa shape index (κ1) is 58.5. The Morgan fingerprint density at radius 3 is 0.882 bits per heavy atom. The first-order chi connectivity index (χ1) is 16.3. The van der Waals surface area contributed by atoms with Gasteiger partial charge in [0, 0.05) is 12.7 Å². The third-order valence-electron chi connectivity index (χ3n) is 1.89. The number of nitrogens with zero attached hydrogens (tertiary/aromatic N) is 4. The molecule has 5 nitrogen and oxygen atoms in total. The van der Waals surface area contributed by atoms with E-state index in [0.717, 1.165) is 6.54 Å². The summed E-state index contributed by atoms with van der Waals surface area (Å²) < 4.78 is 0. The molecule has 0 radical (unpaired) electrons. The van der Waals surface area contributed by atoms with E-state index in [2.05, 4.69) is 22.5 Å². The minimum absolute atomic E-state index is 0. The Hall–Kier alpha value is -1.35. The molecular weight excluding hydrogens is 644 g/mol. The van der Waals surface area contributed by atoms with Crippen LogP contribution in [-0.4, -0.2) is 20.6 Å². The molecule has 6 heteroatoms. The fourth-order valence-corrected chi connectivity index (χ4v) is 0.880. The standard InChI is InChI=1S/C6H5N2.C6H6.C3H9N.6C2H6.CH3N2.U/c7-8-6-4-2-1-3-5-6;1-2-4-6-5-3-1;1-3-4-2;6*1-2;1-3-2;/h1-5H;1-6H;4H,3H2,1-2H3;6*1-2H3;1H3;/q-1;;;;;;;;;-1;+2. The minimum atomic E-state index is 0. The van der Waals surface area contributed by atoms with E-state index in [9.17, 15) is 0 Å². The average Bonchev–Trinajstić information content (AvgIpc) is 2.97. The quantitative estimate of drug-likeness (QED) is 0.310. The van der Waals surface area contributed by atoms with Crippen molar-refractivity contribution in [1.29, 1.82) is 0 Å². The van der Waals surface area contributed by atoms with Crippen molar-refractivity contribution in [2.24, 2.45) is 10.2 Å². The molecular formula is C28H59N5U. The molecule has 0 saturated carbocycles. The number of hydrogen-bond acceptors (Lipinski definition) is 3. The van der Waals surface area contributed by atoms with Crippen molar-refractivity contribution in [2.75, 3.05) is 20.6 Å². The molecule has 2 aromatic carbocycles. The molecule has 34 heavy (non-hydrogen) atoms. The van der Waals surface area contributed by atoms with Crippen LogP contribution in [0, 0.1) is 31.1 Å². The van der Waals surface area contributed by atoms with Gasteiger partial charge in [-0.15, -0.1) is 0 Å². The van der Waals surface area contributed by atoms with Crippen LogP contribution in [0.3, 0.4) is 0 Å². The zero-order valence-corrected chi connectivity index (χ0v) is 29.5. The molecule has 2 aromatic rings. The van der Waals surface area contributed by atoms with Crippen molar-refractivity contribution in [3.05, 3.63) is 77.8 Å². The average molecular weight is 704 g/mol. The molecule has 0 saturated heterocycles. The van der Waals surface area contributed by atoms with Crippen molar-refractivity contribution in [3.8, 4) is 0 Å². The van der Waals surface area contributed by atoms with Crippen molar-refractivity contribution >= 4 is 5.69 Å². The molecule has 200 valence electrons. The molecule has 0 aromatic heterocycles. The monoisotopic (exact) mass is 704 g/mol. The Morgan fingerprint density at radius 1 is 0.588 bits per heavy atom. The molecule has 0 aliphatic rings. The van der Waals surface area contributed by atoms with Crippen LogP contribution in [-0.2, 0) is 0 Å². The summed E-state index contributed by atoms with van der Waals surface area (Å²) in [6.45, 7) is 27.1. The van der Waals surface area contributed by atoms with Gasteiger partial charge in [0.25, 0.3) is 0 Å². The maximum Gasteiger partial charge on any atom is 2.00 e. The maximum absolute atomic E-state index is 8.16. The molecule has 2 rings (SSSR count). The van der Waals surface area contributed by atoms with Gasteiger partial charge in [0.15, 0.2) is 0 Å². The van der Waals surface area contributed by atoms with Crippen molar-refractivity contribution in [2.45, 2.75) is 90.0 Å². The molecule has 0 bridgehead atoms.